The van der Waals surface area contributed by atoms with Crippen LogP contribution >= 0.6 is 0 Å². The smallest absolute Gasteiger partial charge is 0.137 e. The SMILES string of the molecule is COc1cc2c(NC3CCNCC3)c3c(nc2cc1C#N)CCCC3. The topological polar surface area (TPSA) is 70.0 Å². The van der Waals surface area contributed by atoms with Crippen LogP contribution in [0.3, 0.4) is 0 Å². The fourth-order valence-corrected chi connectivity index (χ4v) is 4.04. The molecule has 0 amide bonds. The van der Waals surface area contributed by atoms with Crippen LogP contribution < -0.4 is 15.4 Å². The molecule has 2 aromatic rings. The van der Waals surface area contributed by atoms with E-state index in [1.807, 2.05) is 12.1 Å². The Morgan fingerprint density at radius 3 is 2.80 bits per heavy atom. The Labute approximate surface area is 148 Å². The van der Waals surface area contributed by atoms with Crippen LogP contribution in [0.2, 0.25) is 0 Å². The van der Waals surface area contributed by atoms with Crippen molar-refractivity contribution in [3.63, 3.8) is 0 Å². The van der Waals surface area contributed by atoms with E-state index in [-0.39, 0.29) is 0 Å². The standard InChI is InChI=1S/C20H24N4O/c1-25-19-11-16-18(10-13(19)12-21)24-17-5-3-2-4-15(17)20(16)23-14-6-8-22-9-7-14/h10-11,14,22H,2-9H2,1H3,(H,23,24). The minimum absolute atomic E-state index is 0.486. The second-order valence-corrected chi connectivity index (χ2v) is 6.97. The Balaban J connectivity index is 1.88. The number of piperidine rings is 1. The summed E-state index contributed by atoms with van der Waals surface area (Å²) < 4.78 is 5.45. The number of nitrogens with one attached hydrogen (secondary N) is 2. The molecule has 1 aliphatic heterocycles. The van der Waals surface area contributed by atoms with E-state index in [0.717, 1.165) is 49.7 Å². The minimum Gasteiger partial charge on any atom is -0.495 e. The molecule has 0 bridgehead atoms. The van der Waals surface area contributed by atoms with Crippen molar-refractivity contribution in [3.05, 3.63) is 29.0 Å². The van der Waals surface area contributed by atoms with Crippen LogP contribution in [0.4, 0.5) is 5.69 Å². The highest BCUT2D eigenvalue weighted by atomic mass is 16.5. The van der Waals surface area contributed by atoms with Gasteiger partial charge >= 0.3 is 0 Å². The van der Waals surface area contributed by atoms with E-state index in [9.17, 15) is 5.26 Å². The molecule has 25 heavy (non-hydrogen) atoms. The number of aryl methyl sites for hydroxylation is 1. The van der Waals surface area contributed by atoms with Crippen LogP contribution in [0.25, 0.3) is 10.9 Å². The summed E-state index contributed by atoms with van der Waals surface area (Å²) in [6.45, 7) is 2.12. The first-order valence-corrected chi connectivity index (χ1v) is 9.21. The van der Waals surface area contributed by atoms with Gasteiger partial charge in [-0.3, -0.25) is 4.98 Å². The Morgan fingerprint density at radius 1 is 1.24 bits per heavy atom. The molecule has 4 rings (SSSR count). The van der Waals surface area contributed by atoms with Crippen molar-refractivity contribution in [1.29, 1.82) is 5.26 Å². The van der Waals surface area contributed by atoms with E-state index < -0.39 is 0 Å². The number of hydrogen-bond acceptors (Lipinski definition) is 5. The Hall–Kier alpha value is -2.32. The highest BCUT2D eigenvalue weighted by molar-refractivity contribution is 5.95. The van der Waals surface area contributed by atoms with Gasteiger partial charge in [-0.25, -0.2) is 0 Å². The predicted octanol–water partition coefficient (Wildman–Crippen LogP) is 3.16. The predicted molar refractivity (Wildman–Crippen MR) is 99.2 cm³/mol. The summed E-state index contributed by atoms with van der Waals surface area (Å²) in [6, 6.07) is 6.57. The van der Waals surface area contributed by atoms with Crippen molar-refractivity contribution in [3.8, 4) is 11.8 Å². The Bertz CT molecular complexity index is 834. The van der Waals surface area contributed by atoms with Gasteiger partial charge in [-0.05, 0) is 69.3 Å². The van der Waals surface area contributed by atoms with E-state index >= 15 is 0 Å². The van der Waals surface area contributed by atoms with Gasteiger partial charge < -0.3 is 15.4 Å². The van der Waals surface area contributed by atoms with Crippen LogP contribution in [-0.4, -0.2) is 31.2 Å². The summed E-state index contributed by atoms with van der Waals surface area (Å²) in [4.78, 5) is 4.89. The van der Waals surface area contributed by atoms with Gasteiger partial charge in [0.15, 0.2) is 0 Å². The third-order valence-corrected chi connectivity index (χ3v) is 5.39. The zero-order valence-corrected chi connectivity index (χ0v) is 14.7. The Morgan fingerprint density at radius 2 is 2.04 bits per heavy atom. The highest BCUT2D eigenvalue weighted by Gasteiger charge is 2.22. The number of methoxy groups -OCH3 is 1. The van der Waals surface area contributed by atoms with E-state index in [4.69, 9.17) is 9.72 Å². The van der Waals surface area contributed by atoms with Crippen molar-refractivity contribution >= 4 is 16.6 Å². The number of anilines is 1. The van der Waals surface area contributed by atoms with Crippen LogP contribution in [-0.2, 0) is 12.8 Å². The van der Waals surface area contributed by atoms with Gasteiger partial charge in [0.25, 0.3) is 0 Å². The zero-order chi connectivity index (χ0) is 17.2. The van der Waals surface area contributed by atoms with Gasteiger partial charge in [-0.15, -0.1) is 0 Å². The molecule has 0 atom stereocenters. The van der Waals surface area contributed by atoms with Crippen molar-refractivity contribution in [1.82, 2.24) is 10.3 Å². The van der Waals surface area contributed by atoms with E-state index in [1.54, 1.807) is 7.11 Å². The molecule has 130 valence electrons. The van der Waals surface area contributed by atoms with E-state index in [1.165, 1.54) is 29.8 Å². The molecule has 1 saturated heterocycles. The van der Waals surface area contributed by atoms with Crippen molar-refractivity contribution in [2.24, 2.45) is 0 Å². The molecule has 1 fully saturated rings. The number of benzene rings is 1. The van der Waals surface area contributed by atoms with E-state index in [2.05, 4.69) is 16.7 Å². The van der Waals surface area contributed by atoms with Gasteiger partial charge in [-0.1, -0.05) is 0 Å². The van der Waals surface area contributed by atoms with Crippen LogP contribution in [0.1, 0.15) is 42.5 Å². The number of ether oxygens (including phenoxy) is 1. The molecule has 0 spiro atoms. The molecule has 2 heterocycles. The highest BCUT2D eigenvalue weighted by Crippen LogP contribution is 2.37. The molecule has 1 aromatic heterocycles. The molecule has 5 heteroatoms. The molecule has 0 radical (unpaired) electrons. The van der Waals surface area contributed by atoms with Gasteiger partial charge in [0, 0.05) is 22.8 Å². The fourth-order valence-electron chi connectivity index (χ4n) is 4.04. The lowest BCUT2D eigenvalue weighted by Crippen LogP contribution is -2.35. The summed E-state index contributed by atoms with van der Waals surface area (Å²) in [5, 5.41) is 17.7. The third-order valence-electron chi connectivity index (χ3n) is 5.39. The van der Waals surface area contributed by atoms with Crippen LogP contribution in [0.5, 0.6) is 5.75 Å². The monoisotopic (exact) mass is 336 g/mol. The normalized spacial score (nSPS) is 17.8. The summed E-state index contributed by atoms with van der Waals surface area (Å²) >= 11 is 0. The number of hydrogen-bond donors (Lipinski definition) is 2. The van der Waals surface area contributed by atoms with Crippen molar-refractivity contribution in [2.75, 3.05) is 25.5 Å². The largest absolute Gasteiger partial charge is 0.495 e. The quantitative estimate of drug-likeness (QED) is 0.901. The van der Waals surface area contributed by atoms with Crippen molar-refractivity contribution < 1.29 is 4.74 Å². The second-order valence-electron chi connectivity index (χ2n) is 6.97. The number of fused-ring (bicyclic) bond motifs is 2. The number of aromatic nitrogens is 1. The zero-order valence-electron chi connectivity index (χ0n) is 14.7. The third kappa shape index (κ3) is 3.03. The lowest BCUT2D eigenvalue weighted by Gasteiger charge is -2.28. The number of nitrogens with zero attached hydrogens (tertiary/aromatic N) is 2. The molecule has 5 nitrogen and oxygen atoms in total. The lowest BCUT2D eigenvalue weighted by molar-refractivity contribution is 0.414. The summed E-state index contributed by atoms with van der Waals surface area (Å²) in [6.07, 6.45) is 6.78. The number of rotatable bonds is 3. The molecule has 2 N–H and O–H groups in total. The maximum absolute atomic E-state index is 9.40. The second kappa shape index (κ2) is 6.89. The van der Waals surface area contributed by atoms with Gasteiger partial charge in [0.2, 0.25) is 0 Å². The molecule has 1 aliphatic carbocycles. The summed E-state index contributed by atoms with van der Waals surface area (Å²) in [5.74, 6) is 0.626. The van der Waals surface area contributed by atoms with E-state index in [0.29, 0.717) is 17.4 Å². The molecule has 0 saturated carbocycles. The first-order chi connectivity index (χ1) is 12.3. The molecular formula is C20H24N4O. The average molecular weight is 336 g/mol. The molecular weight excluding hydrogens is 312 g/mol. The lowest BCUT2D eigenvalue weighted by atomic mass is 9.91. The summed E-state index contributed by atoms with van der Waals surface area (Å²) in [7, 11) is 1.62. The molecule has 2 aliphatic rings. The van der Waals surface area contributed by atoms with Gasteiger partial charge in [-0.2, -0.15) is 5.26 Å². The fraction of sp³-hybridized carbons (Fsp3) is 0.500. The van der Waals surface area contributed by atoms with Crippen molar-refractivity contribution in [2.45, 2.75) is 44.6 Å². The molecule has 1 aromatic carbocycles. The van der Waals surface area contributed by atoms with Gasteiger partial charge in [0.05, 0.1) is 18.2 Å². The maximum Gasteiger partial charge on any atom is 0.137 e. The van der Waals surface area contributed by atoms with Crippen LogP contribution in [0, 0.1) is 11.3 Å². The first-order valence-electron chi connectivity index (χ1n) is 9.21. The maximum atomic E-state index is 9.40. The number of pyridine rings is 1. The number of nitriles is 1. The average Bonchev–Trinajstić information content (AvgIpc) is 2.67. The van der Waals surface area contributed by atoms with Gasteiger partial charge in [0.1, 0.15) is 11.8 Å². The minimum atomic E-state index is 0.486. The van der Waals surface area contributed by atoms with Crippen LogP contribution in [0.15, 0.2) is 12.1 Å². The Kier molecular flexibility index (Phi) is 4.46. The first kappa shape index (κ1) is 16.2. The molecule has 0 unspecified atom stereocenters. The summed E-state index contributed by atoms with van der Waals surface area (Å²) in [5.41, 5.74) is 5.23.